The van der Waals surface area contributed by atoms with E-state index in [1.807, 2.05) is 37.1 Å². The van der Waals surface area contributed by atoms with Gasteiger partial charge in [-0.3, -0.25) is 9.69 Å². The van der Waals surface area contributed by atoms with Gasteiger partial charge in [0.15, 0.2) is 0 Å². The topological polar surface area (TPSA) is 49.8 Å². The largest absolute Gasteiger partial charge is 0.481 e. The fourth-order valence-electron chi connectivity index (χ4n) is 2.38. The third kappa shape index (κ3) is 3.26. The first kappa shape index (κ1) is 14.3. The molecule has 1 heterocycles. The van der Waals surface area contributed by atoms with Crippen molar-refractivity contribution in [3.8, 4) is 0 Å². The van der Waals surface area contributed by atoms with Crippen LogP contribution in [0, 0.1) is 12.8 Å². The van der Waals surface area contributed by atoms with Crippen molar-refractivity contribution in [1.29, 1.82) is 0 Å². The first-order valence-corrected chi connectivity index (χ1v) is 6.62. The van der Waals surface area contributed by atoms with Crippen molar-refractivity contribution in [2.45, 2.75) is 19.5 Å². The molecular formula is C14H18ClNO3. The number of benzene rings is 1. The SMILES string of the molecule is Cc1ccc(CN(C)C2COCC2C(=O)O)c(Cl)c1. The Morgan fingerprint density at radius 1 is 1.53 bits per heavy atom. The number of ether oxygens (including phenoxy) is 1. The van der Waals surface area contributed by atoms with Crippen LogP contribution in [0.3, 0.4) is 0 Å². The molecular weight excluding hydrogens is 266 g/mol. The first-order chi connectivity index (χ1) is 8.99. The lowest BCUT2D eigenvalue weighted by Gasteiger charge is -2.26. The van der Waals surface area contributed by atoms with Crippen molar-refractivity contribution in [3.63, 3.8) is 0 Å². The summed E-state index contributed by atoms with van der Waals surface area (Å²) in [5.41, 5.74) is 2.12. The molecule has 2 rings (SSSR count). The van der Waals surface area contributed by atoms with Crippen molar-refractivity contribution < 1.29 is 14.6 Å². The molecule has 2 atom stereocenters. The highest BCUT2D eigenvalue weighted by Gasteiger charge is 2.36. The first-order valence-electron chi connectivity index (χ1n) is 6.25. The van der Waals surface area contributed by atoms with E-state index in [9.17, 15) is 4.79 Å². The normalized spacial score (nSPS) is 22.9. The molecule has 1 aliphatic heterocycles. The second kappa shape index (κ2) is 5.90. The van der Waals surface area contributed by atoms with Crippen LogP contribution in [0.5, 0.6) is 0 Å². The highest BCUT2D eigenvalue weighted by atomic mass is 35.5. The van der Waals surface area contributed by atoms with Gasteiger partial charge < -0.3 is 9.84 Å². The molecule has 1 aromatic rings. The summed E-state index contributed by atoms with van der Waals surface area (Å²) in [6.07, 6.45) is 0. The van der Waals surface area contributed by atoms with Crippen LogP contribution in [-0.4, -0.2) is 42.3 Å². The van der Waals surface area contributed by atoms with Gasteiger partial charge in [0.05, 0.1) is 19.1 Å². The molecule has 0 bridgehead atoms. The lowest BCUT2D eigenvalue weighted by atomic mass is 10.0. The van der Waals surface area contributed by atoms with E-state index in [0.717, 1.165) is 16.1 Å². The number of carboxylic acid groups (broad SMARTS) is 1. The summed E-state index contributed by atoms with van der Waals surface area (Å²) < 4.78 is 5.28. The molecule has 104 valence electrons. The standard InChI is InChI=1S/C14H18ClNO3/c1-9-3-4-10(12(15)5-9)6-16(2)13-8-19-7-11(13)14(17)18/h3-5,11,13H,6-8H2,1-2H3,(H,17,18). The van der Waals surface area contributed by atoms with Crippen molar-refractivity contribution in [1.82, 2.24) is 4.90 Å². The van der Waals surface area contributed by atoms with Gasteiger partial charge >= 0.3 is 5.97 Å². The zero-order chi connectivity index (χ0) is 14.0. The van der Waals surface area contributed by atoms with E-state index < -0.39 is 11.9 Å². The summed E-state index contributed by atoms with van der Waals surface area (Å²) >= 11 is 6.20. The van der Waals surface area contributed by atoms with E-state index in [4.69, 9.17) is 21.4 Å². The molecule has 0 saturated carbocycles. The zero-order valence-electron chi connectivity index (χ0n) is 11.1. The quantitative estimate of drug-likeness (QED) is 0.920. The molecule has 0 radical (unpaired) electrons. The third-order valence-electron chi connectivity index (χ3n) is 3.56. The van der Waals surface area contributed by atoms with Crippen molar-refractivity contribution in [2.24, 2.45) is 5.92 Å². The number of hydrogen-bond donors (Lipinski definition) is 1. The van der Waals surface area contributed by atoms with Gasteiger partial charge in [-0.15, -0.1) is 0 Å². The number of carbonyl (C=O) groups is 1. The highest BCUT2D eigenvalue weighted by molar-refractivity contribution is 6.31. The molecule has 4 nitrogen and oxygen atoms in total. The van der Waals surface area contributed by atoms with Gasteiger partial charge in [0, 0.05) is 17.6 Å². The van der Waals surface area contributed by atoms with Gasteiger partial charge in [0.2, 0.25) is 0 Å². The number of likely N-dealkylation sites (N-methyl/N-ethyl adjacent to an activating group) is 1. The highest BCUT2D eigenvalue weighted by Crippen LogP contribution is 2.24. The minimum atomic E-state index is -0.802. The molecule has 1 N–H and O–H groups in total. The van der Waals surface area contributed by atoms with E-state index in [-0.39, 0.29) is 12.6 Å². The predicted molar refractivity (Wildman–Crippen MR) is 73.4 cm³/mol. The third-order valence-corrected chi connectivity index (χ3v) is 3.91. The molecule has 0 aliphatic carbocycles. The molecule has 0 amide bonds. The van der Waals surface area contributed by atoms with Gasteiger partial charge in [0.1, 0.15) is 0 Å². The average molecular weight is 284 g/mol. The molecule has 1 fully saturated rings. The van der Waals surface area contributed by atoms with E-state index in [1.54, 1.807) is 0 Å². The molecule has 0 spiro atoms. The van der Waals surface area contributed by atoms with Gasteiger partial charge in [-0.1, -0.05) is 23.7 Å². The Hall–Kier alpha value is -1.10. The number of halogens is 1. The number of carboxylic acids is 1. The lowest BCUT2D eigenvalue weighted by molar-refractivity contribution is -0.143. The second-order valence-corrected chi connectivity index (χ2v) is 5.47. The van der Waals surface area contributed by atoms with Crippen LogP contribution < -0.4 is 0 Å². The molecule has 19 heavy (non-hydrogen) atoms. The molecule has 1 aromatic carbocycles. The van der Waals surface area contributed by atoms with Gasteiger partial charge in [0.25, 0.3) is 0 Å². The predicted octanol–water partition coefficient (Wildman–Crippen LogP) is 2.18. The number of rotatable bonds is 4. The molecule has 1 saturated heterocycles. The number of nitrogens with zero attached hydrogens (tertiary/aromatic N) is 1. The van der Waals surface area contributed by atoms with Crippen LogP contribution in [0.4, 0.5) is 0 Å². The Kier molecular flexibility index (Phi) is 4.45. The van der Waals surface area contributed by atoms with Crippen LogP contribution in [0.15, 0.2) is 18.2 Å². The Balaban J connectivity index is 2.08. The maximum absolute atomic E-state index is 11.1. The van der Waals surface area contributed by atoms with Crippen LogP contribution in [0.2, 0.25) is 5.02 Å². The number of aryl methyl sites for hydroxylation is 1. The van der Waals surface area contributed by atoms with Crippen molar-refractivity contribution in [2.75, 3.05) is 20.3 Å². The second-order valence-electron chi connectivity index (χ2n) is 5.06. The monoisotopic (exact) mass is 283 g/mol. The summed E-state index contributed by atoms with van der Waals surface area (Å²) in [6.45, 7) is 3.35. The lowest BCUT2D eigenvalue weighted by Crippen LogP contribution is -2.40. The van der Waals surface area contributed by atoms with E-state index in [1.165, 1.54) is 0 Å². The number of aliphatic carboxylic acids is 1. The maximum atomic E-state index is 11.1. The minimum absolute atomic E-state index is 0.102. The fraction of sp³-hybridized carbons (Fsp3) is 0.500. The summed E-state index contributed by atoms with van der Waals surface area (Å²) in [4.78, 5) is 13.2. The summed E-state index contributed by atoms with van der Waals surface area (Å²) in [5, 5.41) is 9.88. The Bertz CT molecular complexity index is 478. The van der Waals surface area contributed by atoms with Crippen molar-refractivity contribution >= 4 is 17.6 Å². The maximum Gasteiger partial charge on any atom is 0.310 e. The van der Waals surface area contributed by atoms with Crippen LogP contribution in [0.1, 0.15) is 11.1 Å². The van der Waals surface area contributed by atoms with E-state index in [0.29, 0.717) is 13.2 Å². The fourth-order valence-corrected chi connectivity index (χ4v) is 2.67. The summed E-state index contributed by atoms with van der Waals surface area (Å²) in [6, 6.07) is 5.81. The Morgan fingerprint density at radius 3 is 2.89 bits per heavy atom. The average Bonchev–Trinajstić information content (AvgIpc) is 2.82. The van der Waals surface area contributed by atoms with Crippen LogP contribution in [-0.2, 0) is 16.1 Å². The molecule has 2 unspecified atom stereocenters. The van der Waals surface area contributed by atoms with Gasteiger partial charge in [-0.05, 0) is 31.2 Å². The zero-order valence-corrected chi connectivity index (χ0v) is 11.9. The number of hydrogen-bond acceptors (Lipinski definition) is 3. The smallest absolute Gasteiger partial charge is 0.310 e. The van der Waals surface area contributed by atoms with Crippen LogP contribution >= 0.6 is 11.6 Å². The molecule has 5 heteroatoms. The Labute approximate surface area is 117 Å². The summed E-state index contributed by atoms with van der Waals surface area (Å²) in [7, 11) is 1.91. The molecule has 1 aliphatic rings. The van der Waals surface area contributed by atoms with Gasteiger partial charge in [-0.2, -0.15) is 0 Å². The Morgan fingerprint density at radius 2 is 2.26 bits per heavy atom. The van der Waals surface area contributed by atoms with Gasteiger partial charge in [-0.25, -0.2) is 0 Å². The summed E-state index contributed by atoms with van der Waals surface area (Å²) in [5.74, 6) is -1.27. The van der Waals surface area contributed by atoms with Crippen LogP contribution in [0.25, 0.3) is 0 Å². The van der Waals surface area contributed by atoms with Crippen molar-refractivity contribution in [3.05, 3.63) is 34.3 Å². The molecule has 0 aromatic heterocycles. The van der Waals surface area contributed by atoms with E-state index >= 15 is 0 Å². The van der Waals surface area contributed by atoms with E-state index in [2.05, 4.69) is 0 Å². The minimum Gasteiger partial charge on any atom is -0.481 e.